The fraction of sp³-hybridized carbons (Fsp3) is 0.222. The molecule has 2 heterocycles. The number of ether oxygens (including phenoxy) is 2. The first-order valence-electron chi connectivity index (χ1n) is 11.7. The van der Waals surface area contributed by atoms with Gasteiger partial charge in [-0.15, -0.1) is 5.10 Å². The maximum Gasteiger partial charge on any atom is 0.250 e. The van der Waals surface area contributed by atoms with E-state index in [1.807, 2.05) is 54.6 Å². The highest BCUT2D eigenvalue weighted by Crippen LogP contribution is 2.40. The van der Waals surface area contributed by atoms with Crippen molar-refractivity contribution in [3.8, 4) is 11.5 Å². The molecule has 0 unspecified atom stereocenters. The molecule has 1 aromatic heterocycles. The summed E-state index contributed by atoms with van der Waals surface area (Å²) < 4.78 is 12.4. The number of benzene rings is 3. The summed E-state index contributed by atoms with van der Waals surface area (Å²) in [5.74, 6) is 1.66. The zero-order valence-corrected chi connectivity index (χ0v) is 21.8. The van der Waals surface area contributed by atoms with Crippen LogP contribution in [0.25, 0.3) is 0 Å². The Kier molecular flexibility index (Phi) is 7.21. The predicted octanol–water partition coefficient (Wildman–Crippen LogP) is 5.93. The second-order valence-corrected chi connectivity index (χ2v) is 9.48. The van der Waals surface area contributed by atoms with Crippen LogP contribution in [0.1, 0.15) is 35.2 Å². The molecule has 0 spiro atoms. The molecule has 1 aliphatic heterocycles. The Morgan fingerprint density at radius 3 is 2.54 bits per heavy atom. The Morgan fingerprint density at radius 1 is 1.05 bits per heavy atom. The van der Waals surface area contributed by atoms with Gasteiger partial charge in [-0.05, 0) is 53.4 Å². The van der Waals surface area contributed by atoms with Crippen LogP contribution in [0.3, 0.4) is 0 Å². The lowest BCUT2D eigenvalue weighted by molar-refractivity contribution is -0.115. The van der Waals surface area contributed by atoms with E-state index in [-0.39, 0.29) is 30.4 Å². The maximum atomic E-state index is 12.8. The Morgan fingerprint density at radius 2 is 1.81 bits per heavy atom. The number of methoxy groups -OCH3 is 2. The largest absolute Gasteiger partial charge is 0.493 e. The van der Waals surface area contributed by atoms with E-state index >= 15 is 0 Å². The number of carbonyl (C=O) groups is 1. The summed E-state index contributed by atoms with van der Waals surface area (Å²) in [6.07, 6.45) is 0.805. The topological polar surface area (TPSA) is 90.3 Å². The van der Waals surface area contributed by atoms with Crippen molar-refractivity contribution in [2.75, 3.05) is 24.9 Å². The third-order valence-corrected chi connectivity index (χ3v) is 6.89. The number of hydrogen-bond donors (Lipinski definition) is 2. The van der Waals surface area contributed by atoms with Crippen molar-refractivity contribution < 1.29 is 14.3 Å². The van der Waals surface area contributed by atoms with Gasteiger partial charge in [0, 0.05) is 10.0 Å². The number of carbonyl (C=O) groups excluding carboxylic acids is 1. The highest BCUT2D eigenvalue weighted by atomic mass is 35.5. The molecule has 10 heteroatoms. The van der Waals surface area contributed by atoms with E-state index < -0.39 is 0 Å². The first-order chi connectivity index (χ1) is 17.9. The van der Waals surface area contributed by atoms with Crippen molar-refractivity contribution in [2.45, 2.75) is 24.9 Å². The van der Waals surface area contributed by atoms with Crippen LogP contribution < -0.4 is 20.1 Å². The standard InChI is InChI=1S/C27H25Cl2N5O3/c1-36-23-12-7-16(13-24(23)37-2)14-25(35)31-26-32-27-30-21(17-8-10-18(28)11-9-17)15-22(34(27)33-26)19-5-3-4-6-20(19)29/h3-13,21-22H,14-15H2,1-2H3,(H2,30,31,32,33,35)/t21-,22-/m0/s1. The van der Waals surface area contributed by atoms with E-state index in [2.05, 4.69) is 20.7 Å². The molecule has 2 N–H and O–H groups in total. The smallest absolute Gasteiger partial charge is 0.250 e. The Hall–Kier alpha value is -3.75. The summed E-state index contributed by atoms with van der Waals surface area (Å²) >= 11 is 12.7. The molecule has 0 aliphatic carbocycles. The number of anilines is 2. The van der Waals surface area contributed by atoms with Gasteiger partial charge in [0.1, 0.15) is 0 Å². The molecule has 190 valence electrons. The average Bonchev–Trinajstić information content (AvgIpc) is 3.31. The van der Waals surface area contributed by atoms with Crippen LogP contribution in [0.15, 0.2) is 66.7 Å². The summed E-state index contributed by atoms with van der Waals surface area (Å²) in [5, 5.41) is 12.2. The van der Waals surface area contributed by atoms with Crippen molar-refractivity contribution >= 4 is 41.0 Å². The number of hydrogen-bond acceptors (Lipinski definition) is 6. The number of aromatic nitrogens is 3. The van der Waals surface area contributed by atoms with Crippen molar-refractivity contribution in [2.24, 2.45) is 0 Å². The maximum absolute atomic E-state index is 12.8. The van der Waals surface area contributed by atoms with E-state index in [9.17, 15) is 4.79 Å². The molecule has 1 aliphatic rings. The van der Waals surface area contributed by atoms with Crippen LogP contribution in [0.5, 0.6) is 11.5 Å². The highest BCUT2D eigenvalue weighted by Gasteiger charge is 2.32. The monoisotopic (exact) mass is 537 g/mol. The fourth-order valence-corrected chi connectivity index (χ4v) is 4.88. The second-order valence-electron chi connectivity index (χ2n) is 8.64. The molecule has 1 amide bonds. The molecule has 8 nitrogen and oxygen atoms in total. The zero-order valence-electron chi connectivity index (χ0n) is 20.2. The van der Waals surface area contributed by atoms with E-state index in [0.717, 1.165) is 16.7 Å². The van der Waals surface area contributed by atoms with E-state index in [1.54, 1.807) is 31.0 Å². The molecular weight excluding hydrogens is 513 g/mol. The summed E-state index contributed by atoms with van der Waals surface area (Å²) in [4.78, 5) is 17.4. The third-order valence-electron chi connectivity index (χ3n) is 6.29. The van der Waals surface area contributed by atoms with Gasteiger partial charge in [-0.3, -0.25) is 10.1 Å². The highest BCUT2D eigenvalue weighted by molar-refractivity contribution is 6.31. The van der Waals surface area contributed by atoms with Crippen LogP contribution in [-0.4, -0.2) is 34.9 Å². The molecule has 2 atom stereocenters. The van der Waals surface area contributed by atoms with Crippen molar-refractivity contribution in [1.29, 1.82) is 0 Å². The summed E-state index contributed by atoms with van der Waals surface area (Å²) in [6, 6.07) is 20.5. The third kappa shape index (κ3) is 5.35. The van der Waals surface area contributed by atoms with E-state index in [0.29, 0.717) is 33.9 Å². The van der Waals surface area contributed by atoms with Gasteiger partial charge < -0.3 is 14.8 Å². The first kappa shape index (κ1) is 24.9. The molecule has 4 aromatic rings. The van der Waals surface area contributed by atoms with Gasteiger partial charge >= 0.3 is 0 Å². The van der Waals surface area contributed by atoms with E-state index in [1.165, 1.54) is 0 Å². The number of nitrogens with zero attached hydrogens (tertiary/aromatic N) is 3. The molecule has 37 heavy (non-hydrogen) atoms. The number of fused-ring (bicyclic) bond motifs is 1. The quantitative estimate of drug-likeness (QED) is 0.303. The van der Waals surface area contributed by atoms with Crippen LogP contribution in [0.4, 0.5) is 11.9 Å². The van der Waals surface area contributed by atoms with Crippen molar-refractivity contribution in [1.82, 2.24) is 14.8 Å². The van der Waals surface area contributed by atoms with Gasteiger partial charge in [0.05, 0.1) is 32.7 Å². The van der Waals surface area contributed by atoms with Crippen LogP contribution in [0.2, 0.25) is 10.0 Å². The van der Waals surface area contributed by atoms with Crippen LogP contribution in [0, 0.1) is 0 Å². The number of amides is 1. The Bertz CT molecular complexity index is 1420. The molecule has 0 fully saturated rings. The molecule has 0 saturated carbocycles. The minimum Gasteiger partial charge on any atom is -0.493 e. The predicted molar refractivity (Wildman–Crippen MR) is 144 cm³/mol. The second kappa shape index (κ2) is 10.7. The lowest BCUT2D eigenvalue weighted by Crippen LogP contribution is -2.28. The first-order valence-corrected chi connectivity index (χ1v) is 12.4. The lowest BCUT2D eigenvalue weighted by atomic mass is 9.93. The van der Waals surface area contributed by atoms with Crippen molar-refractivity contribution in [3.63, 3.8) is 0 Å². The zero-order chi connectivity index (χ0) is 25.9. The number of rotatable bonds is 7. The van der Waals surface area contributed by atoms with Gasteiger partial charge in [0.25, 0.3) is 5.95 Å². The minimum absolute atomic E-state index is 0.0504. The molecule has 5 rings (SSSR count). The SMILES string of the molecule is COc1ccc(CC(=O)Nc2nc3n(n2)[C@H](c2ccccc2Cl)C[C@@H](c2ccc(Cl)cc2)N3)cc1OC. The molecule has 0 saturated heterocycles. The fourth-order valence-electron chi connectivity index (χ4n) is 4.49. The normalized spacial score (nSPS) is 16.4. The number of nitrogens with one attached hydrogen (secondary N) is 2. The van der Waals surface area contributed by atoms with Gasteiger partial charge in [-0.1, -0.05) is 59.6 Å². The summed E-state index contributed by atoms with van der Waals surface area (Å²) in [5.41, 5.74) is 2.77. The number of halogens is 2. The lowest BCUT2D eigenvalue weighted by Gasteiger charge is -2.32. The molecular formula is C27H25Cl2N5O3. The molecule has 0 bridgehead atoms. The Labute approximate surface area is 224 Å². The molecule has 3 aromatic carbocycles. The Balaban J connectivity index is 1.41. The van der Waals surface area contributed by atoms with Gasteiger partial charge in [0.2, 0.25) is 11.9 Å². The van der Waals surface area contributed by atoms with Gasteiger partial charge in [0.15, 0.2) is 11.5 Å². The van der Waals surface area contributed by atoms with Crippen LogP contribution in [-0.2, 0) is 11.2 Å². The van der Waals surface area contributed by atoms with Gasteiger partial charge in [-0.2, -0.15) is 4.98 Å². The summed E-state index contributed by atoms with van der Waals surface area (Å²) in [6.45, 7) is 0. The van der Waals surface area contributed by atoms with Crippen molar-refractivity contribution in [3.05, 3.63) is 93.5 Å². The van der Waals surface area contributed by atoms with Crippen LogP contribution >= 0.6 is 23.2 Å². The molecule has 0 radical (unpaired) electrons. The van der Waals surface area contributed by atoms with Gasteiger partial charge in [-0.25, -0.2) is 4.68 Å². The average molecular weight is 538 g/mol. The van der Waals surface area contributed by atoms with E-state index in [4.69, 9.17) is 32.7 Å². The minimum atomic E-state index is -0.251. The summed E-state index contributed by atoms with van der Waals surface area (Å²) in [7, 11) is 3.12.